The largest absolute Gasteiger partial charge is 0.394 e. The summed E-state index contributed by atoms with van der Waals surface area (Å²) in [5, 5.41) is 28.2. The van der Waals surface area contributed by atoms with Crippen molar-refractivity contribution in [2.24, 2.45) is 0 Å². The fraction of sp³-hybridized carbons (Fsp3) is 0.833. The van der Waals surface area contributed by atoms with Gasteiger partial charge in [-0.1, -0.05) is 0 Å². The van der Waals surface area contributed by atoms with E-state index >= 15 is 0 Å². The summed E-state index contributed by atoms with van der Waals surface area (Å²) in [5.41, 5.74) is -0.726. The highest BCUT2D eigenvalue weighted by molar-refractivity contribution is 4.86. The molecule has 0 aliphatic heterocycles. The molecule has 0 aromatic rings. The van der Waals surface area contributed by atoms with Crippen LogP contribution in [0.1, 0.15) is 6.92 Å². The van der Waals surface area contributed by atoms with Gasteiger partial charge < -0.3 is 10.2 Å². The summed E-state index contributed by atoms with van der Waals surface area (Å²) >= 11 is 0. The molecular formula is C6H12N2O2. The Kier molecular flexibility index (Phi) is 3.96. The fourth-order valence-electron chi connectivity index (χ4n) is 0.415. The minimum Gasteiger partial charge on any atom is -0.394 e. The number of nitriles is 1. The summed E-state index contributed by atoms with van der Waals surface area (Å²) in [6, 6.07) is 1.86. The van der Waals surface area contributed by atoms with Gasteiger partial charge in [0.25, 0.3) is 0 Å². The smallest absolute Gasteiger partial charge is 0.0846 e. The number of nitrogens with zero attached hydrogens (tertiary/aromatic N) is 1. The van der Waals surface area contributed by atoms with Crippen LogP contribution in [0.25, 0.3) is 0 Å². The highest BCUT2D eigenvalue weighted by Gasteiger charge is 2.20. The van der Waals surface area contributed by atoms with Gasteiger partial charge in [0, 0.05) is 0 Å². The van der Waals surface area contributed by atoms with E-state index < -0.39 is 5.54 Å². The molecule has 0 spiro atoms. The van der Waals surface area contributed by atoms with Gasteiger partial charge in [0.15, 0.2) is 0 Å². The van der Waals surface area contributed by atoms with Gasteiger partial charge >= 0.3 is 0 Å². The minimum atomic E-state index is -0.726. The van der Waals surface area contributed by atoms with Crippen molar-refractivity contribution in [2.75, 3.05) is 19.8 Å². The summed E-state index contributed by atoms with van der Waals surface area (Å²) in [4.78, 5) is 0. The van der Waals surface area contributed by atoms with Gasteiger partial charge in [0.2, 0.25) is 0 Å². The number of aliphatic hydroxyl groups excluding tert-OH is 2. The second-order valence-electron chi connectivity index (χ2n) is 2.39. The van der Waals surface area contributed by atoms with E-state index in [0.29, 0.717) is 0 Å². The lowest BCUT2D eigenvalue weighted by Crippen LogP contribution is -2.49. The molecule has 0 aromatic heterocycles. The summed E-state index contributed by atoms with van der Waals surface area (Å²) in [6.07, 6.45) is 0. The first kappa shape index (κ1) is 9.37. The van der Waals surface area contributed by atoms with Crippen molar-refractivity contribution < 1.29 is 10.2 Å². The van der Waals surface area contributed by atoms with Crippen LogP contribution >= 0.6 is 0 Å². The summed E-state index contributed by atoms with van der Waals surface area (Å²) < 4.78 is 0. The zero-order chi connectivity index (χ0) is 8.04. The normalized spacial score (nSPS) is 11.0. The van der Waals surface area contributed by atoms with Crippen molar-refractivity contribution in [3.63, 3.8) is 0 Å². The van der Waals surface area contributed by atoms with Crippen molar-refractivity contribution in [2.45, 2.75) is 12.5 Å². The highest BCUT2D eigenvalue weighted by atomic mass is 16.3. The predicted molar refractivity (Wildman–Crippen MR) is 36.2 cm³/mol. The Balaban J connectivity index is 3.71. The standard InChI is InChI=1S/C6H12N2O2/c1-6(4-9,5-10)8-3-2-7/h8-10H,3-5H2,1H3. The Morgan fingerprint density at radius 1 is 1.50 bits per heavy atom. The van der Waals surface area contributed by atoms with Crippen molar-refractivity contribution in [3.05, 3.63) is 0 Å². The average molecular weight is 144 g/mol. The van der Waals surface area contributed by atoms with E-state index in [1.165, 1.54) is 0 Å². The predicted octanol–water partition coefficient (Wildman–Crippen LogP) is -1.16. The molecule has 0 bridgehead atoms. The van der Waals surface area contributed by atoms with Crippen LogP contribution in [0.3, 0.4) is 0 Å². The van der Waals surface area contributed by atoms with Crippen LogP contribution < -0.4 is 5.32 Å². The number of rotatable bonds is 4. The number of hydrogen-bond acceptors (Lipinski definition) is 4. The maximum absolute atomic E-state index is 8.68. The van der Waals surface area contributed by atoms with Crippen LogP contribution in [0, 0.1) is 11.3 Å². The highest BCUT2D eigenvalue weighted by Crippen LogP contribution is 1.98. The molecule has 0 rings (SSSR count). The van der Waals surface area contributed by atoms with Crippen molar-refractivity contribution in [1.82, 2.24) is 5.32 Å². The maximum Gasteiger partial charge on any atom is 0.0846 e. The first-order valence-corrected chi connectivity index (χ1v) is 3.02. The summed E-state index contributed by atoms with van der Waals surface area (Å²) in [6.45, 7) is 1.43. The Labute approximate surface area is 60.1 Å². The van der Waals surface area contributed by atoms with Crippen molar-refractivity contribution >= 4 is 0 Å². The molecule has 4 heteroatoms. The molecule has 10 heavy (non-hydrogen) atoms. The molecule has 0 unspecified atom stereocenters. The zero-order valence-corrected chi connectivity index (χ0v) is 5.96. The van der Waals surface area contributed by atoms with Gasteiger partial charge in [0.1, 0.15) is 0 Å². The monoisotopic (exact) mass is 144 g/mol. The van der Waals surface area contributed by atoms with Gasteiger partial charge in [-0.3, -0.25) is 5.32 Å². The minimum absolute atomic E-state index is 0.137. The molecule has 0 radical (unpaired) electrons. The van der Waals surface area contributed by atoms with E-state index in [-0.39, 0.29) is 19.8 Å². The zero-order valence-electron chi connectivity index (χ0n) is 5.96. The Morgan fingerprint density at radius 2 is 2.00 bits per heavy atom. The lowest BCUT2D eigenvalue weighted by Gasteiger charge is -2.24. The van der Waals surface area contributed by atoms with Crippen LogP contribution in [0.4, 0.5) is 0 Å². The third-order valence-electron chi connectivity index (χ3n) is 1.29. The Morgan fingerprint density at radius 3 is 2.30 bits per heavy atom. The topological polar surface area (TPSA) is 76.3 Å². The molecule has 0 saturated carbocycles. The van der Waals surface area contributed by atoms with E-state index in [4.69, 9.17) is 15.5 Å². The van der Waals surface area contributed by atoms with Crippen LogP contribution in [0.2, 0.25) is 0 Å². The molecule has 3 N–H and O–H groups in total. The molecule has 4 nitrogen and oxygen atoms in total. The SMILES string of the molecule is CC(CO)(CO)NCC#N. The van der Waals surface area contributed by atoms with Crippen LogP contribution in [-0.4, -0.2) is 35.5 Å². The first-order valence-electron chi connectivity index (χ1n) is 3.02. The van der Waals surface area contributed by atoms with E-state index in [1.54, 1.807) is 6.92 Å². The van der Waals surface area contributed by atoms with Crippen LogP contribution in [-0.2, 0) is 0 Å². The molecule has 58 valence electrons. The third kappa shape index (κ3) is 2.78. The van der Waals surface area contributed by atoms with Gasteiger partial charge in [-0.15, -0.1) is 0 Å². The molecule has 0 aliphatic carbocycles. The Bertz CT molecular complexity index is 126. The van der Waals surface area contributed by atoms with Crippen molar-refractivity contribution in [1.29, 1.82) is 5.26 Å². The molecule has 0 atom stereocenters. The first-order chi connectivity index (χ1) is 4.68. The Hall–Kier alpha value is -0.630. The lowest BCUT2D eigenvalue weighted by molar-refractivity contribution is 0.108. The third-order valence-corrected chi connectivity index (χ3v) is 1.29. The van der Waals surface area contributed by atoms with Gasteiger partial charge in [-0.25, -0.2) is 0 Å². The number of hydrogen-bond donors (Lipinski definition) is 3. The number of nitrogens with one attached hydrogen (secondary N) is 1. The molecule has 0 heterocycles. The average Bonchev–Trinajstić information content (AvgIpc) is 2.00. The van der Waals surface area contributed by atoms with Crippen LogP contribution in [0.5, 0.6) is 0 Å². The van der Waals surface area contributed by atoms with Crippen LogP contribution in [0.15, 0.2) is 0 Å². The molecular weight excluding hydrogens is 132 g/mol. The summed E-state index contributed by atoms with van der Waals surface area (Å²) in [5.74, 6) is 0. The molecule has 0 amide bonds. The quantitative estimate of drug-likeness (QED) is 0.435. The second kappa shape index (κ2) is 4.23. The molecule has 0 saturated heterocycles. The molecule has 0 aliphatic rings. The fourth-order valence-corrected chi connectivity index (χ4v) is 0.415. The number of aliphatic hydroxyl groups is 2. The van der Waals surface area contributed by atoms with E-state index in [0.717, 1.165) is 0 Å². The van der Waals surface area contributed by atoms with E-state index in [2.05, 4.69) is 5.32 Å². The lowest BCUT2D eigenvalue weighted by atomic mass is 10.1. The molecule has 0 aromatic carbocycles. The molecule has 0 fully saturated rings. The van der Waals surface area contributed by atoms with E-state index in [1.807, 2.05) is 6.07 Å². The van der Waals surface area contributed by atoms with Gasteiger partial charge in [-0.2, -0.15) is 5.26 Å². The summed E-state index contributed by atoms with van der Waals surface area (Å²) in [7, 11) is 0. The van der Waals surface area contributed by atoms with Gasteiger partial charge in [-0.05, 0) is 6.92 Å². The van der Waals surface area contributed by atoms with Crippen molar-refractivity contribution in [3.8, 4) is 6.07 Å². The maximum atomic E-state index is 8.68. The van der Waals surface area contributed by atoms with Gasteiger partial charge in [0.05, 0.1) is 31.4 Å². The second-order valence-corrected chi connectivity index (χ2v) is 2.39. The van der Waals surface area contributed by atoms with E-state index in [9.17, 15) is 0 Å².